The number of unbranched alkanes of at least 4 members (excludes halogenated alkanes) is 2. The van der Waals surface area contributed by atoms with Crippen molar-refractivity contribution in [3.63, 3.8) is 0 Å². The molecule has 0 aromatic heterocycles. The number of hydrogen-bond donors (Lipinski definition) is 0. The van der Waals surface area contributed by atoms with Crippen LogP contribution in [0.2, 0.25) is 0 Å². The van der Waals surface area contributed by atoms with Gasteiger partial charge in [-0.15, -0.1) is 0 Å². The van der Waals surface area contributed by atoms with Gasteiger partial charge in [0, 0.05) is 17.0 Å². The highest BCUT2D eigenvalue weighted by Gasteiger charge is 2.26. The van der Waals surface area contributed by atoms with Crippen molar-refractivity contribution in [1.29, 1.82) is 0 Å². The highest BCUT2D eigenvalue weighted by Crippen LogP contribution is 2.34. The van der Waals surface area contributed by atoms with Gasteiger partial charge in [0.05, 0.1) is 13.2 Å². The molecule has 0 amide bonds. The maximum Gasteiger partial charge on any atom is 0.176 e. The Bertz CT molecular complexity index is 1210. The van der Waals surface area contributed by atoms with Crippen LogP contribution in [0.5, 0.6) is 0 Å². The van der Waals surface area contributed by atoms with Crippen LogP contribution in [-0.2, 0) is 15.9 Å². The zero-order valence-electron chi connectivity index (χ0n) is 20.5. The van der Waals surface area contributed by atoms with E-state index in [2.05, 4.69) is 6.92 Å². The Morgan fingerprint density at radius 1 is 0.750 bits per heavy atom. The maximum absolute atomic E-state index is 15.0. The summed E-state index contributed by atoms with van der Waals surface area (Å²) in [6.45, 7) is 4.34. The molecular weight excluding hydrogens is 468 g/mol. The smallest absolute Gasteiger partial charge is 0.176 e. The van der Waals surface area contributed by atoms with E-state index in [0.717, 1.165) is 19.3 Å². The van der Waals surface area contributed by atoms with Gasteiger partial charge in [-0.25, -0.2) is 17.6 Å². The highest BCUT2D eigenvalue weighted by molar-refractivity contribution is 5.71. The second kappa shape index (κ2) is 11.8. The van der Waals surface area contributed by atoms with Crippen molar-refractivity contribution in [3.8, 4) is 22.3 Å². The molecule has 6 heteroatoms. The van der Waals surface area contributed by atoms with E-state index >= 15 is 4.39 Å². The molecule has 1 heterocycles. The van der Waals surface area contributed by atoms with E-state index in [1.165, 1.54) is 6.07 Å². The van der Waals surface area contributed by atoms with Gasteiger partial charge in [0.2, 0.25) is 0 Å². The predicted molar refractivity (Wildman–Crippen MR) is 134 cm³/mol. The highest BCUT2D eigenvalue weighted by atomic mass is 19.2. The van der Waals surface area contributed by atoms with Crippen molar-refractivity contribution >= 4 is 0 Å². The van der Waals surface area contributed by atoms with Gasteiger partial charge in [-0.05, 0) is 48.1 Å². The lowest BCUT2D eigenvalue weighted by atomic mass is 9.94. The van der Waals surface area contributed by atoms with E-state index in [0.29, 0.717) is 23.1 Å². The number of rotatable bonds is 8. The second-order valence-corrected chi connectivity index (χ2v) is 9.02. The number of hydrogen-bond acceptors (Lipinski definition) is 2. The minimum atomic E-state index is -0.968. The summed E-state index contributed by atoms with van der Waals surface area (Å²) in [7, 11) is 0. The minimum Gasteiger partial charge on any atom is -0.348 e. The van der Waals surface area contributed by atoms with Crippen LogP contribution in [0.4, 0.5) is 17.6 Å². The van der Waals surface area contributed by atoms with E-state index in [-0.39, 0.29) is 29.9 Å². The van der Waals surface area contributed by atoms with Crippen LogP contribution in [0.25, 0.3) is 22.3 Å². The average molecular weight is 499 g/mol. The maximum atomic E-state index is 15.0. The van der Waals surface area contributed by atoms with E-state index in [1.54, 1.807) is 54.6 Å². The van der Waals surface area contributed by atoms with Crippen molar-refractivity contribution in [2.45, 2.75) is 51.7 Å². The molecule has 0 aliphatic carbocycles. The normalized spacial score (nSPS) is 18.2. The first-order valence-electron chi connectivity index (χ1n) is 12.4. The van der Waals surface area contributed by atoms with Crippen molar-refractivity contribution in [2.24, 2.45) is 0 Å². The quantitative estimate of drug-likeness (QED) is 0.177. The third kappa shape index (κ3) is 5.55. The van der Waals surface area contributed by atoms with Gasteiger partial charge in [0.15, 0.2) is 29.6 Å². The molecule has 0 bridgehead atoms. The van der Waals surface area contributed by atoms with E-state index in [1.807, 2.05) is 6.92 Å². The molecule has 0 unspecified atom stereocenters. The van der Waals surface area contributed by atoms with Crippen LogP contribution in [0.1, 0.15) is 50.2 Å². The summed E-state index contributed by atoms with van der Waals surface area (Å²) in [6, 6.07) is 12.6. The monoisotopic (exact) mass is 498 g/mol. The first kappa shape index (κ1) is 26.1. The summed E-state index contributed by atoms with van der Waals surface area (Å²) in [6.07, 6.45) is 6.34. The zero-order chi connectivity index (χ0) is 25.7. The molecule has 3 aromatic carbocycles. The molecular formula is C30H30F4O2. The SMILES string of the molecule is CC=CC1OCC(c2ccc(-c3ccc(-c4ccc(CCCCC)c(F)c4F)cc3)c(F)c2F)CO1. The molecule has 0 saturated carbocycles. The Labute approximate surface area is 209 Å². The summed E-state index contributed by atoms with van der Waals surface area (Å²) >= 11 is 0. The van der Waals surface area contributed by atoms with Crippen LogP contribution < -0.4 is 0 Å². The molecule has 2 nitrogen and oxygen atoms in total. The lowest BCUT2D eigenvalue weighted by molar-refractivity contribution is -0.159. The summed E-state index contributed by atoms with van der Waals surface area (Å²) in [4.78, 5) is 0. The Morgan fingerprint density at radius 2 is 1.33 bits per heavy atom. The fourth-order valence-electron chi connectivity index (χ4n) is 4.47. The molecule has 1 saturated heterocycles. The third-order valence-corrected chi connectivity index (χ3v) is 6.54. The molecule has 0 radical (unpaired) electrons. The zero-order valence-corrected chi connectivity index (χ0v) is 20.5. The molecule has 190 valence electrons. The van der Waals surface area contributed by atoms with Crippen LogP contribution in [0.3, 0.4) is 0 Å². The van der Waals surface area contributed by atoms with Gasteiger partial charge in [-0.2, -0.15) is 0 Å². The van der Waals surface area contributed by atoms with Crippen LogP contribution in [-0.4, -0.2) is 19.5 Å². The van der Waals surface area contributed by atoms with Crippen molar-refractivity contribution in [1.82, 2.24) is 0 Å². The number of benzene rings is 3. The number of halogens is 4. The van der Waals surface area contributed by atoms with Gasteiger partial charge >= 0.3 is 0 Å². The summed E-state index contributed by atoms with van der Waals surface area (Å²) < 4.78 is 70.5. The Morgan fingerprint density at radius 3 is 1.92 bits per heavy atom. The Balaban J connectivity index is 1.53. The molecule has 0 N–H and O–H groups in total. The molecule has 1 aliphatic heterocycles. The molecule has 0 spiro atoms. The van der Waals surface area contributed by atoms with E-state index in [4.69, 9.17) is 9.47 Å². The fourth-order valence-corrected chi connectivity index (χ4v) is 4.47. The number of aryl methyl sites for hydroxylation is 1. The second-order valence-electron chi connectivity index (χ2n) is 9.02. The lowest BCUT2D eigenvalue weighted by Gasteiger charge is -2.28. The number of allylic oxidation sites excluding steroid dienone is 1. The van der Waals surface area contributed by atoms with Gasteiger partial charge in [-0.3, -0.25) is 0 Å². The Kier molecular flexibility index (Phi) is 8.60. The van der Waals surface area contributed by atoms with Gasteiger partial charge < -0.3 is 9.47 Å². The van der Waals surface area contributed by atoms with Gasteiger partial charge in [-0.1, -0.05) is 74.4 Å². The van der Waals surface area contributed by atoms with Crippen LogP contribution >= 0.6 is 0 Å². The van der Waals surface area contributed by atoms with Crippen molar-refractivity contribution < 1.29 is 27.0 Å². The Hall–Kier alpha value is -2.96. The van der Waals surface area contributed by atoms with Gasteiger partial charge in [0.25, 0.3) is 0 Å². The molecule has 0 atom stereocenters. The van der Waals surface area contributed by atoms with Gasteiger partial charge in [0.1, 0.15) is 0 Å². The minimum absolute atomic E-state index is 0.0881. The molecule has 4 rings (SSSR count). The average Bonchev–Trinajstić information content (AvgIpc) is 2.89. The topological polar surface area (TPSA) is 18.5 Å². The third-order valence-electron chi connectivity index (χ3n) is 6.54. The van der Waals surface area contributed by atoms with Crippen molar-refractivity contribution in [3.05, 3.63) is 95.1 Å². The van der Waals surface area contributed by atoms with Crippen molar-refractivity contribution in [2.75, 3.05) is 13.2 Å². The largest absolute Gasteiger partial charge is 0.348 e. The van der Waals surface area contributed by atoms with E-state index < -0.39 is 35.5 Å². The van der Waals surface area contributed by atoms with E-state index in [9.17, 15) is 13.2 Å². The summed E-state index contributed by atoms with van der Waals surface area (Å²) in [5, 5.41) is 0. The fraction of sp³-hybridized carbons (Fsp3) is 0.333. The molecule has 3 aromatic rings. The summed E-state index contributed by atoms with van der Waals surface area (Å²) in [5.41, 5.74) is 1.68. The lowest BCUT2D eigenvalue weighted by Crippen LogP contribution is -2.30. The molecule has 1 aliphatic rings. The molecule has 36 heavy (non-hydrogen) atoms. The van der Waals surface area contributed by atoms with Crippen LogP contribution in [0, 0.1) is 23.3 Å². The standard InChI is InChI=1S/C30H30F4O2/c1-3-5-6-8-21-13-14-23(28(32)27(21)31)19-9-11-20(12-10-19)24-15-16-25(30(34)29(24)33)22-17-35-26(7-4-2)36-18-22/h4,7,9-16,22,26H,3,5-6,8,17-18H2,1-2H3. The van der Waals surface area contributed by atoms with Crippen LogP contribution in [0.15, 0.2) is 60.7 Å². The molecule has 1 fully saturated rings. The number of ether oxygens (including phenoxy) is 2. The first-order chi connectivity index (χ1) is 17.4. The predicted octanol–water partition coefficient (Wildman–Crippen LogP) is 8.34. The first-order valence-corrected chi connectivity index (χ1v) is 12.4. The summed E-state index contributed by atoms with van der Waals surface area (Å²) in [5.74, 6) is -4.05.